The molecule has 2 aromatic rings. The van der Waals surface area contributed by atoms with Crippen LogP contribution >= 0.6 is 0 Å². The summed E-state index contributed by atoms with van der Waals surface area (Å²) >= 11 is 0. The van der Waals surface area contributed by atoms with Crippen LogP contribution in [0.2, 0.25) is 0 Å². The van der Waals surface area contributed by atoms with Crippen molar-refractivity contribution in [3.8, 4) is 0 Å². The minimum atomic E-state index is 0.275. The highest BCUT2D eigenvalue weighted by Gasteiger charge is 2.08. The fourth-order valence-corrected chi connectivity index (χ4v) is 1.70. The lowest BCUT2D eigenvalue weighted by molar-refractivity contribution is 0.465. The molecule has 2 heterocycles. The Bertz CT molecular complexity index is 564. The molecule has 0 aliphatic rings. The van der Waals surface area contributed by atoms with Crippen LogP contribution in [0.4, 0.5) is 11.6 Å². The molecular weight excluding hydrogens is 254 g/mol. The van der Waals surface area contributed by atoms with Crippen LogP contribution in [0.3, 0.4) is 0 Å². The van der Waals surface area contributed by atoms with Crippen molar-refractivity contribution in [2.24, 2.45) is 0 Å². The molecule has 2 aromatic heterocycles. The second-order valence-corrected chi connectivity index (χ2v) is 4.83. The molecule has 0 saturated carbocycles. The molecule has 0 spiro atoms. The first kappa shape index (κ1) is 14.3. The van der Waals surface area contributed by atoms with Crippen LogP contribution in [0.1, 0.15) is 44.2 Å². The second-order valence-electron chi connectivity index (χ2n) is 4.83. The first-order chi connectivity index (χ1) is 9.62. The molecule has 0 radical (unpaired) electrons. The molecule has 0 aliphatic carbocycles. The van der Waals surface area contributed by atoms with Gasteiger partial charge in [0.2, 0.25) is 5.89 Å². The molecule has 0 bridgehead atoms. The molecule has 0 aromatic carbocycles. The molecule has 2 N–H and O–H groups in total. The monoisotopic (exact) mass is 275 g/mol. The highest BCUT2D eigenvalue weighted by Crippen LogP contribution is 2.17. The van der Waals surface area contributed by atoms with Crippen molar-refractivity contribution in [3.63, 3.8) is 0 Å². The van der Waals surface area contributed by atoms with E-state index in [2.05, 4.69) is 39.4 Å². The summed E-state index contributed by atoms with van der Waals surface area (Å²) in [5.41, 5.74) is 0. The van der Waals surface area contributed by atoms with Crippen LogP contribution in [-0.2, 0) is 13.0 Å². The average Bonchev–Trinajstić information content (AvgIpc) is 2.92. The van der Waals surface area contributed by atoms with Crippen molar-refractivity contribution < 1.29 is 4.42 Å². The molecular formula is C14H21N5O. The summed E-state index contributed by atoms with van der Waals surface area (Å²) in [7, 11) is 1.85. The van der Waals surface area contributed by atoms with Gasteiger partial charge in [0.25, 0.3) is 0 Å². The number of nitrogens with zero attached hydrogens (tertiary/aromatic N) is 3. The van der Waals surface area contributed by atoms with E-state index in [9.17, 15) is 0 Å². The topological polar surface area (TPSA) is 75.9 Å². The molecule has 2 rings (SSSR count). The first-order valence-electron chi connectivity index (χ1n) is 6.86. The molecule has 6 nitrogen and oxygen atoms in total. The summed E-state index contributed by atoms with van der Waals surface area (Å²) in [6, 6.07) is 1.87. The lowest BCUT2D eigenvalue weighted by Crippen LogP contribution is -2.07. The summed E-state index contributed by atoms with van der Waals surface area (Å²) in [5.74, 6) is 4.20. The van der Waals surface area contributed by atoms with E-state index in [0.717, 1.165) is 29.6 Å². The minimum Gasteiger partial charge on any atom is -0.444 e. The van der Waals surface area contributed by atoms with E-state index in [0.29, 0.717) is 12.4 Å². The van der Waals surface area contributed by atoms with E-state index in [1.165, 1.54) is 0 Å². The average molecular weight is 275 g/mol. The molecule has 0 amide bonds. The largest absolute Gasteiger partial charge is 0.444 e. The van der Waals surface area contributed by atoms with Crippen LogP contribution in [0.25, 0.3) is 0 Å². The third-order valence-corrected chi connectivity index (χ3v) is 2.89. The quantitative estimate of drug-likeness (QED) is 0.844. The number of oxazole rings is 1. The van der Waals surface area contributed by atoms with Crippen molar-refractivity contribution in [3.05, 3.63) is 29.7 Å². The molecule has 108 valence electrons. The lowest BCUT2D eigenvalue weighted by Gasteiger charge is -2.10. The van der Waals surface area contributed by atoms with Gasteiger partial charge in [0, 0.05) is 25.5 Å². The highest BCUT2D eigenvalue weighted by molar-refractivity contribution is 5.47. The summed E-state index contributed by atoms with van der Waals surface area (Å²) in [6.45, 7) is 6.69. The predicted octanol–water partition coefficient (Wildman–Crippen LogP) is 2.80. The zero-order chi connectivity index (χ0) is 14.5. The number of nitrogens with one attached hydrogen (secondary N) is 2. The van der Waals surface area contributed by atoms with Crippen LogP contribution in [0.15, 0.2) is 16.7 Å². The predicted molar refractivity (Wildman–Crippen MR) is 78.9 cm³/mol. The Labute approximate surface area is 119 Å². The van der Waals surface area contributed by atoms with Crippen molar-refractivity contribution in [2.45, 2.75) is 39.7 Å². The number of anilines is 2. The van der Waals surface area contributed by atoms with Gasteiger partial charge in [0.15, 0.2) is 0 Å². The molecule has 0 saturated heterocycles. The van der Waals surface area contributed by atoms with E-state index in [1.54, 1.807) is 6.20 Å². The Morgan fingerprint density at radius 2 is 2.00 bits per heavy atom. The van der Waals surface area contributed by atoms with Crippen LogP contribution in [-0.4, -0.2) is 22.0 Å². The zero-order valence-corrected chi connectivity index (χ0v) is 12.4. The van der Waals surface area contributed by atoms with Crippen molar-refractivity contribution in [2.75, 3.05) is 17.7 Å². The number of hydrogen-bond acceptors (Lipinski definition) is 6. The summed E-state index contributed by atoms with van der Waals surface area (Å²) < 4.78 is 5.56. The maximum atomic E-state index is 5.56. The van der Waals surface area contributed by atoms with Crippen molar-refractivity contribution >= 4 is 11.6 Å². The van der Waals surface area contributed by atoms with Crippen LogP contribution in [0.5, 0.6) is 0 Å². The summed E-state index contributed by atoms with van der Waals surface area (Å²) in [6.07, 6.45) is 2.61. The summed E-state index contributed by atoms with van der Waals surface area (Å²) in [5, 5.41) is 6.26. The van der Waals surface area contributed by atoms with E-state index in [-0.39, 0.29) is 5.92 Å². The Kier molecular flexibility index (Phi) is 4.55. The van der Waals surface area contributed by atoms with Gasteiger partial charge in [-0.15, -0.1) is 0 Å². The number of rotatable bonds is 6. The standard InChI is InChI=1S/C14H21N5O/c1-5-10-7-17-13(20-10)8-16-12-6-11(15-4)18-14(19-12)9(2)3/h6-7,9H,5,8H2,1-4H3,(H2,15,16,18,19). The Morgan fingerprint density at radius 1 is 1.25 bits per heavy atom. The van der Waals surface area contributed by atoms with Gasteiger partial charge < -0.3 is 15.1 Å². The fourth-order valence-electron chi connectivity index (χ4n) is 1.70. The van der Waals surface area contributed by atoms with Crippen LogP contribution in [0, 0.1) is 0 Å². The smallest absolute Gasteiger partial charge is 0.213 e. The van der Waals surface area contributed by atoms with Gasteiger partial charge in [-0.3, -0.25) is 0 Å². The van der Waals surface area contributed by atoms with E-state index < -0.39 is 0 Å². The number of aryl methyl sites for hydroxylation is 1. The lowest BCUT2D eigenvalue weighted by atomic mass is 10.2. The zero-order valence-electron chi connectivity index (χ0n) is 12.4. The fraction of sp³-hybridized carbons (Fsp3) is 0.500. The first-order valence-corrected chi connectivity index (χ1v) is 6.86. The molecule has 20 heavy (non-hydrogen) atoms. The minimum absolute atomic E-state index is 0.275. The Hall–Kier alpha value is -2.11. The molecule has 0 unspecified atom stereocenters. The van der Waals surface area contributed by atoms with Gasteiger partial charge in [-0.25, -0.2) is 15.0 Å². The molecule has 0 fully saturated rings. The Morgan fingerprint density at radius 3 is 2.60 bits per heavy atom. The SMILES string of the molecule is CCc1cnc(CNc2cc(NC)nc(C(C)C)n2)o1. The number of aromatic nitrogens is 3. The maximum absolute atomic E-state index is 5.56. The van der Waals surface area contributed by atoms with Crippen molar-refractivity contribution in [1.29, 1.82) is 0 Å². The van der Waals surface area contributed by atoms with Gasteiger partial charge in [-0.2, -0.15) is 0 Å². The maximum Gasteiger partial charge on any atom is 0.213 e. The van der Waals surface area contributed by atoms with Gasteiger partial charge in [0.05, 0.1) is 12.7 Å². The van der Waals surface area contributed by atoms with E-state index >= 15 is 0 Å². The third kappa shape index (κ3) is 3.46. The molecule has 0 atom stereocenters. The molecule has 6 heteroatoms. The third-order valence-electron chi connectivity index (χ3n) is 2.89. The van der Waals surface area contributed by atoms with Gasteiger partial charge in [0.1, 0.15) is 23.2 Å². The van der Waals surface area contributed by atoms with Gasteiger partial charge in [-0.05, 0) is 0 Å². The Balaban J connectivity index is 2.10. The summed E-state index contributed by atoms with van der Waals surface area (Å²) in [4.78, 5) is 13.1. The molecule has 0 aliphatic heterocycles. The van der Waals surface area contributed by atoms with Gasteiger partial charge >= 0.3 is 0 Å². The van der Waals surface area contributed by atoms with Gasteiger partial charge in [-0.1, -0.05) is 20.8 Å². The number of hydrogen-bond donors (Lipinski definition) is 2. The highest BCUT2D eigenvalue weighted by atomic mass is 16.4. The van der Waals surface area contributed by atoms with E-state index in [4.69, 9.17) is 4.42 Å². The normalized spacial score (nSPS) is 10.8. The van der Waals surface area contributed by atoms with Crippen molar-refractivity contribution in [1.82, 2.24) is 15.0 Å². The van der Waals surface area contributed by atoms with E-state index in [1.807, 2.05) is 20.0 Å². The van der Waals surface area contributed by atoms with Crippen LogP contribution < -0.4 is 10.6 Å². The second kappa shape index (κ2) is 6.36.